The summed E-state index contributed by atoms with van der Waals surface area (Å²) in [5.74, 6) is 0.0900. The number of benzene rings is 1. The molecule has 0 unspecified atom stereocenters. The van der Waals surface area contributed by atoms with Crippen molar-refractivity contribution in [1.82, 2.24) is 0 Å². The van der Waals surface area contributed by atoms with Crippen LogP contribution < -0.4 is 10.1 Å². The number of thiophene rings is 1. The summed E-state index contributed by atoms with van der Waals surface area (Å²) in [5, 5.41) is 3.39. The average Bonchev–Trinajstić information content (AvgIpc) is 3.20. The molecule has 0 aliphatic heterocycles. The molecule has 0 spiro atoms. The van der Waals surface area contributed by atoms with E-state index in [9.17, 15) is 9.59 Å². The molecule has 130 valence electrons. The van der Waals surface area contributed by atoms with Crippen molar-refractivity contribution in [2.24, 2.45) is 0 Å². The number of hydrogen-bond acceptors (Lipinski definition) is 5. The van der Waals surface area contributed by atoms with Gasteiger partial charge in [-0.2, -0.15) is 0 Å². The van der Waals surface area contributed by atoms with Crippen molar-refractivity contribution < 1.29 is 19.1 Å². The van der Waals surface area contributed by atoms with Crippen LogP contribution in [0.4, 0.5) is 5.00 Å². The number of aryl methyl sites for hydroxylation is 1. The molecule has 0 saturated carbocycles. The molecule has 1 aliphatic rings. The van der Waals surface area contributed by atoms with Crippen LogP contribution in [0.5, 0.6) is 5.75 Å². The predicted molar refractivity (Wildman–Crippen MR) is 98.3 cm³/mol. The minimum Gasteiger partial charge on any atom is -0.497 e. The first-order chi connectivity index (χ1) is 12.1. The number of rotatable bonds is 5. The molecule has 1 heterocycles. The highest BCUT2D eigenvalue weighted by atomic mass is 32.1. The normalized spacial score (nSPS) is 12.9. The molecule has 6 heteroatoms. The van der Waals surface area contributed by atoms with Crippen LogP contribution in [-0.4, -0.2) is 26.1 Å². The first-order valence-electron chi connectivity index (χ1n) is 7.98. The average molecular weight is 357 g/mol. The lowest BCUT2D eigenvalue weighted by atomic mass is 10.1. The van der Waals surface area contributed by atoms with Crippen molar-refractivity contribution in [1.29, 1.82) is 0 Å². The van der Waals surface area contributed by atoms with Crippen LogP contribution in [0.3, 0.4) is 0 Å². The number of hydrogen-bond donors (Lipinski definition) is 1. The summed E-state index contributed by atoms with van der Waals surface area (Å²) < 4.78 is 9.98. The molecule has 0 radical (unpaired) electrons. The zero-order valence-corrected chi connectivity index (χ0v) is 14.9. The Kier molecular flexibility index (Phi) is 5.19. The number of carbonyl (C=O) groups is 2. The third kappa shape index (κ3) is 3.74. The fourth-order valence-corrected chi connectivity index (χ4v) is 4.13. The lowest BCUT2D eigenvalue weighted by molar-refractivity contribution is -0.111. The molecule has 25 heavy (non-hydrogen) atoms. The minimum absolute atomic E-state index is 0.277. The molecular formula is C19H19NO4S. The van der Waals surface area contributed by atoms with Gasteiger partial charge in [0.25, 0.3) is 0 Å². The Balaban J connectivity index is 1.74. The van der Waals surface area contributed by atoms with Gasteiger partial charge in [-0.25, -0.2) is 4.79 Å². The van der Waals surface area contributed by atoms with E-state index in [1.54, 1.807) is 13.2 Å². The van der Waals surface area contributed by atoms with Crippen LogP contribution in [0.15, 0.2) is 30.3 Å². The van der Waals surface area contributed by atoms with E-state index in [0.717, 1.165) is 41.0 Å². The maximum Gasteiger partial charge on any atom is 0.341 e. The van der Waals surface area contributed by atoms with Crippen LogP contribution in [0, 0.1) is 0 Å². The van der Waals surface area contributed by atoms with Crippen LogP contribution >= 0.6 is 11.3 Å². The number of esters is 1. The molecular weight excluding hydrogens is 338 g/mol. The third-order valence-electron chi connectivity index (χ3n) is 4.09. The molecule has 3 rings (SSSR count). The van der Waals surface area contributed by atoms with Gasteiger partial charge in [0.1, 0.15) is 10.8 Å². The van der Waals surface area contributed by atoms with Gasteiger partial charge in [0.15, 0.2) is 0 Å². The fourth-order valence-electron chi connectivity index (χ4n) is 2.85. The largest absolute Gasteiger partial charge is 0.497 e. The minimum atomic E-state index is -0.395. The van der Waals surface area contributed by atoms with E-state index < -0.39 is 5.97 Å². The van der Waals surface area contributed by atoms with E-state index >= 15 is 0 Å². The SMILES string of the molecule is COC(=O)c1c(NC(=O)C=Cc2ccc(OC)cc2)sc2c1CCC2. The van der Waals surface area contributed by atoms with Crippen molar-refractivity contribution in [3.8, 4) is 5.75 Å². The molecule has 0 fully saturated rings. The van der Waals surface area contributed by atoms with E-state index in [1.807, 2.05) is 24.3 Å². The Bertz CT molecular complexity index is 821. The monoisotopic (exact) mass is 357 g/mol. The Hall–Kier alpha value is -2.60. The predicted octanol–water partition coefficient (Wildman–Crippen LogP) is 3.68. The molecule has 0 atom stereocenters. The Morgan fingerprint density at radius 2 is 1.92 bits per heavy atom. The van der Waals surface area contributed by atoms with Crippen molar-refractivity contribution in [2.75, 3.05) is 19.5 Å². The second-order valence-electron chi connectivity index (χ2n) is 5.65. The van der Waals surface area contributed by atoms with Crippen molar-refractivity contribution in [2.45, 2.75) is 19.3 Å². The van der Waals surface area contributed by atoms with Gasteiger partial charge in [-0.15, -0.1) is 11.3 Å². The lowest BCUT2D eigenvalue weighted by Gasteiger charge is -2.05. The standard InChI is InChI=1S/C19H19NO4S/c1-23-13-9-6-12(7-10-13)8-11-16(21)20-18-17(19(22)24-2)14-4-3-5-15(14)25-18/h6-11H,3-5H2,1-2H3,(H,20,21). The Morgan fingerprint density at radius 3 is 2.60 bits per heavy atom. The Morgan fingerprint density at radius 1 is 1.16 bits per heavy atom. The summed E-state index contributed by atoms with van der Waals surface area (Å²) in [4.78, 5) is 25.5. The van der Waals surface area contributed by atoms with Gasteiger partial charge in [0.2, 0.25) is 5.91 Å². The van der Waals surface area contributed by atoms with Gasteiger partial charge >= 0.3 is 5.97 Å². The number of ether oxygens (including phenoxy) is 2. The second kappa shape index (κ2) is 7.53. The first-order valence-corrected chi connectivity index (χ1v) is 8.80. The van der Waals surface area contributed by atoms with Crippen LogP contribution in [0.1, 0.15) is 32.8 Å². The van der Waals surface area contributed by atoms with Crippen molar-refractivity contribution in [3.63, 3.8) is 0 Å². The summed E-state index contributed by atoms with van der Waals surface area (Å²) in [6.45, 7) is 0. The maximum absolute atomic E-state index is 12.2. The van der Waals surface area contributed by atoms with Gasteiger partial charge < -0.3 is 14.8 Å². The summed E-state index contributed by atoms with van der Waals surface area (Å²) in [7, 11) is 2.96. The number of carbonyl (C=O) groups excluding carboxylic acids is 2. The van der Waals surface area contributed by atoms with Gasteiger partial charge in [-0.05, 0) is 48.6 Å². The third-order valence-corrected chi connectivity index (χ3v) is 5.30. The highest BCUT2D eigenvalue weighted by Crippen LogP contribution is 2.39. The van der Waals surface area contributed by atoms with Crippen molar-refractivity contribution >= 4 is 34.3 Å². The number of methoxy groups -OCH3 is 2. The summed E-state index contributed by atoms with van der Waals surface area (Å²) in [6, 6.07) is 7.39. The van der Waals surface area contributed by atoms with Gasteiger partial charge in [-0.1, -0.05) is 12.1 Å². The summed E-state index contributed by atoms with van der Waals surface area (Å²) >= 11 is 1.46. The maximum atomic E-state index is 12.2. The number of fused-ring (bicyclic) bond motifs is 1. The number of nitrogens with one attached hydrogen (secondary N) is 1. The van der Waals surface area contributed by atoms with Gasteiger partial charge in [-0.3, -0.25) is 4.79 Å². The van der Waals surface area contributed by atoms with Gasteiger partial charge in [0, 0.05) is 11.0 Å². The molecule has 2 aromatic rings. The Labute approximate surface area is 150 Å². The molecule has 1 N–H and O–H groups in total. The molecule has 1 aliphatic carbocycles. The van der Waals surface area contributed by atoms with Crippen LogP contribution in [0.2, 0.25) is 0 Å². The number of amides is 1. The summed E-state index contributed by atoms with van der Waals surface area (Å²) in [6.07, 6.45) is 6.01. The van der Waals surface area contributed by atoms with E-state index in [-0.39, 0.29) is 5.91 Å². The van der Waals surface area contributed by atoms with E-state index in [2.05, 4.69) is 5.32 Å². The first kappa shape index (κ1) is 17.2. The van der Waals surface area contributed by atoms with E-state index in [1.165, 1.54) is 24.5 Å². The topological polar surface area (TPSA) is 64.6 Å². The van der Waals surface area contributed by atoms with Crippen LogP contribution in [-0.2, 0) is 22.4 Å². The van der Waals surface area contributed by atoms with E-state index in [0.29, 0.717) is 10.6 Å². The zero-order valence-electron chi connectivity index (χ0n) is 14.1. The summed E-state index contributed by atoms with van der Waals surface area (Å²) in [5.41, 5.74) is 2.41. The number of anilines is 1. The quantitative estimate of drug-likeness (QED) is 0.655. The lowest BCUT2D eigenvalue weighted by Crippen LogP contribution is -2.12. The highest BCUT2D eigenvalue weighted by Gasteiger charge is 2.27. The molecule has 1 aromatic carbocycles. The zero-order chi connectivity index (χ0) is 17.8. The van der Waals surface area contributed by atoms with Crippen LogP contribution in [0.25, 0.3) is 6.08 Å². The fraction of sp³-hybridized carbons (Fsp3) is 0.263. The molecule has 5 nitrogen and oxygen atoms in total. The molecule has 0 bridgehead atoms. The van der Waals surface area contributed by atoms with Crippen molar-refractivity contribution in [3.05, 3.63) is 51.9 Å². The highest BCUT2D eigenvalue weighted by molar-refractivity contribution is 7.17. The van der Waals surface area contributed by atoms with Gasteiger partial charge in [0.05, 0.1) is 19.8 Å². The smallest absolute Gasteiger partial charge is 0.341 e. The second-order valence-corrected chi connectivity index (χ2v) is 6.75. The molecule has 1 aromatic heterocycles. The molecule has 0 saturated heterocycles. The molecule has 1 amide bonds. The van der Waals surface area contributed by atoms with E-state index in [4.69, 9.17) is 9.47 Å².